The Morgan fingerprint density at radius 3 is 2.52 bits per heavy atom. The summed E-state index contributed by atoms with van der Waals surface area (Å²) in [5.74, 6) is 0.272. The van der Waals surface area contributed by atoms with Crippen LogP contribution in [0, 0.1) is 0 Å². The number of nitrogens with zero attached hydrogens (tertiary/aromatic N) is 1. The minimum atomic E-state index is -0.651. The van der Waals surface area contributed by atoms with Gasteiger partial charge in [0.05, 0.1) is 13.5 Å². The van der Waals surface area contributed by atoms with Crippen LogP contribution in [-0.2, 0) is 32.1 Å². The van der Waals surface area contributed by atoms with Crippen LogP contribution in [-0.4, -0.2) is 53.1 Å². The Bertz CT molecular complexity index is 1070. The van der Waals surface area contributed by atoms with Gasteiger partial charge in [-0.05, 0) is 35.0 Å². The quantitative estimate of drug-likeness (QED) is 0.352. The first kappa shape index (κ1) is 23.3. The topological polar surface area (TPSA) is 84.9 Å². The highest BCUT2D eigenvalue weighted by molar-refractivity contribution is 8.00. The van der Waals surface area contributed by atoms with Gasteiger partial charge in [-0.25, -0.2) is 4.79 Å². The van der Waals surface area contributed by atoms with Crippen molar-refractivity contribution in [1.82, 2.24) is 10.2 Å². The number of hydrogen-bond donors (Lipinski definition) is 1. The largest absolute Gasteiger partial charge is 0.497 e. The molecule has 0 radical (unpaired) electrons. The summed E-state index contributed by atoms with van der Waals surface area (Å²) in [6.45, 7) is 0.0908. The van der Waals surface area contributed by atoms with E-state index in [1.165, 1.54) is 4.90 Å². The Labute approximate surface area is 199 Å². The number of thioether (sulfide) groups is 1. The predicted molar refractivity (Wildman–Crippen MR) is 130 cm³/mol. The summed E-state index contributed by atoms with van der Waals surface area (Å²) in [6.07, 6.45) is 0.757. The molecule has 2 aliphatic heterocycles. The van der Waals surface area contributed by atoms with E-state index in [1.54, 1.807) is 31.0 Å². The maximum atomic E-state index is 13.0. The van der Waals surface area contributed by atoms with Gasteiger partial charge in [0.15, 0.2) is 0 Å². The second-order valence-electron chi connectivity index (χ2n) is 7.70. The summed E-state index contributed by atoms with van der Waals surface area (Å²) < 4.78 is 10.7. The lowest BCUT2D eigenvalue weighted by Gasteiger charge is -2.49. The molecule has 2 amide bonds. The Balaban J connectivity index is 1.41. The van der Waals surface area contributed by atoms with E-state index in [2.05, 4.69) is 14.6 Å². The number of fused-ring (bicyclic) bond motifs is 1. The van der Waals surface area contributed by atoms with E-state index < -0.39 is 12.0 Å². The van der Waals surface area contributed by atoms with Crippen molar-refractivity contribution in [3.05, 3.63) is 77.0 Å². The van der Waals surface area contributed by atoms with Gasteiger partial charge in [-0.1, -0.05) is 42.5 Å². The van der Waals surface area contributed by atoms with Crippen LogP contribution in [0.5, 0.6) is 5.75 Å². The maximum absolute atomic E-state index is 13.0. The molecule has 0 spiro atoms. The van der Waals surface area contributed by atoms with Crippen LogP contribution in [0.4, 0.5) is 0 Å². The number of amides is 2. The van der Waals surface area contributed by atoms with Crippen LogP contribution in [0.3, 0.4) is 0 Å². The third-order valence-corrected chi connectivity index (χ3v) is 7.37. The van der Waals surface area contributed by atoms with E-state index in [9.17, 15) is 14.4 Å². The van der Waals surface area contributed by atoms with Crippen LogP contribution in [0.1, 0.15) is 11.1 Å². The van der Waals surface area contributed by atoms with Crippen molar-refractivity contribution in [2.75, 3.05) is 19.0 Å². The molecule has 33 heavy (non-hydrogen) atoms. The van der Waals surface area contributed by atoms with Crippen LogP contribution < -0.4 is 10.1 Å². The summed E-state index contributed by atoms with van der Waals surface area (Å²) in [5, 5.41) is 2.51. The third-order valence-electron chi connectivity index (χ3n) is 5.54. The van der Waals surface area contributed by atoms with Gasteiger partial charge in [-0.15, -0.1) is 21.0 Å². The Kier molecular flexibility index (Phi) is 7.36. The van der Waals surface area contributed by atoms with E-state index in [0.717, 1.165) is 22.4 Å². The number of nitrogens with one attached hydrogen (secondary N) is 1. The summed E-state index contributed by atoms with van der Waals surface area (Å²) in [4.78, 5) is 39.8. The highest BCUT2D eigenvalue weighted by Gasteiger charge is 2.54. The molecule has 3 atom stereocenters. The molecule has 1 saturated heterocycles. The molecule has 0 aromatic heterocycles. The first-order chi connectivity index (χ1) is 16.0. The average molecular weight is 485 g/mol. The van der Waals surface area contributed by atoms with E-state index >= 15 is 0 Å². The molecule has 0 saturated carbocycles. The summed E-state index contributed by atoms with van der Waals surface area (Å²) in [7, 11) is 4.19. The second kappa shape index (κ2) is 10.4. The highest BCUT2D eigenvalue weighted by atomic mass is 32.2. The fraction of sp³-hybridized carbons (Fsp3) is 0.292. The highest BCUT2D eigenvalue weighted by Crippen LogP contribution is 2.41. The molecule has 0 bridgehead atoms. The fourth-order valence-corrected chi connectivity index (χ4v) is 5.68. The van der Waals surface area contributed by atoms with Gasteiger partial charge < -0.3 is 14.8 Å². The molecule has 1 N–H and O–H groups in total. The molecular weight excluding hydrogens is 459 g/mol. The Morgan fingerprint density at radius 2 is 1.85 bits per heavy atom. The molecule has 3 unspecified atom stereocenters. The molecule has 2 heterocycles. The molecule has 9 heteroatoms. The molecule has 0 aliphatic carbocycles. The van der Waals surface area contributed by atoms with Crippen molar-refractivity contribution in [1.29, 1.82) is 0 Å². The number of ether oxygens (including phenoxy) is 2. The number of β-lactam (4-membered cyclic amide) rings is 1. The number of esters is 1. The minimum absolute atomic E-state index is 0.0908. The fourth-order valence-electron chi connectivity index (χ4n) is 3.77. The number of benzene rings is 2. The van der Waals surface area contributed by atoms with Crippen LogP contribution in [0.25, 0.3) is 0 Å². The first-order valence-corrected chi connectivity index (χ1v) is 12.4. The Morgan fingerprint density at radius 1 is 1.12 bits per heavy atom. The molecule has 2 aliphatic rings. The van der Waals surface area contributed by atoms with Gasteiger partial charge in [0.2, 0.25) is 5.91 Å². The SMILES string of the molecule is COc1ccc(COC(=O)C2=C(CP)CSC3C(NC(=O)Cc4ccccc4)C(=O)N23)cc1. The van der Waals surface area contributed by atoms with Crippen molar-refractivity contribution < 1.29 is 23.9 Å². The van der Waals surface area contributed by atoms with Gasteiger partial charge in [0.25, 0.3) is 5.91 Å². The van der Waals surface area contributed by atoms with Crippen LogP contribution in [0.2, 0.25) is 0 Å². The number of carbonyl (C=O) groups is 3. The van der Waals surface area contributed by atoms with Crippen molar-refractivity contribution in [3.63, 3.8) is 0 Å². The van der Waals surface area contributed by atoms with Gasteiger partial charge in [-0.3, -0.25) is 14.5 Å². The zero-order valence-corrected chi connectivity index (χ0v) is 20.1. The van der Waals surface area contributed by atoms with Crippen LogP contribution in [0.15, 0.2) is 65.9 Å². The molecule has 1 fully saturated rings. The van der Waals surface area contributed by atoms with E-state index in [0.29, 0.717) is 17.6 Å². The van der Waals surface area contributed by atoms with Crippen molar-refractivity contribution in [2.24, 2.45) is 0 Å². The first-order valence-electron chi connectivity index (χ1n) is 10.5. The summed E-state index contributed by atoms with van der Waals surface area (Å²) >= 11 is 1.54. The number of rotatable bonds is 8. The molecule has 2 aromatic rings. The lowest BCUT2D eigenvalue weighted by Crippen LogP contribution is -2.70. The van der Waals surface area contributed by atoms with E-state index in [-0.39, 0.29) is 30.2 Å². The molecular formula is C24H25N2O5PS. The number of hydrogen-bond acceptors (Lipinski definition) is 6. The van der Waals surface area contributed by atoms with Gasteiger partial charge >= 0.3 is 5.97 Å². The molecule has 7 nitrogen and oxygen atoms in total. The van der Waals surface area contributed by atoms with Gasteiger partial charge in [0.1, 0.15) is 29.5 Å². The minimum Gasteiger partial charge on any atom is -0.497 e. The molecule has 2 aromatic carbocycles. The monoisotopic (exact) mass is 484 g/mol. The lowest BCUT2D eigenvalue weighted by atomic mass is 10.0. The standard InChI is InChI=1S/C24H25N2O5PS/c1-30-18-9-7-16(8-10-18)12-31-24(29)21-17(13-32)14-33-23-20(22(28)26(21)23)25-19(27)11-15-5-3-2-4-6-15/h2-10,20,23H,11-14,32H2,1H3,(H,25,27). The van der Waals surface area contributed by atoms with Gasteiger partial charge in [-0.2, -0.15) is 0 Å². The second-order valence-corrected chi connectivity index (χ2v) is 9.21. The Hall–Kier alpha value is -2.83. The molecule has 4 rings (SSSR count). The van der Waals surface area contributed by atoms with Crippen molar-refractivity contribution >= 4 is 38.8 Å². The smallest absolute Gasteiger partial charge is 0.355 e. The van der Waals surface area contributed by atoms with Crippen molar-refractivity contribution in [3.8, 4) is 5.75 Å². The maximum Gasteiger partial charge on any atom is 0.355 e. The lowest BCUT2D eigenvalue weighted by molar-refractivity contribution is -0.153. The average Bonchev–Trinajstić information content (AvgIpc) is 2.85. The van der Waals surface area contributed by atoms with E-state index in [1.807, 2.05) is 42.5 Å². The zero-order valence-electron chi connectivity index (χ0n) is 18.2. The van der Waals surface area contributed by atoms with Gasteiger partial charge in [0, 0.05) is 5.75 Å². The van der Waals surface area contributed by atoms with E-state index in [4.69, 9.17) is 9.47 Å². The number of carbonyl (C=O) groups excluding carboxylic acids is 3. The van der Waals surface area contributed by atoms with Crippen molar-refractivity contribution in [2.45, 2.75) is 24.4 Å². The predicted octanol–water partition coefficient (Wildman–Crippen LogP) is 2.51. The summed E-state index contributed by atoms with van der Waals surface area (Å²) in [6, 6.07) is 16.0. The summed E-state index contributed by atoms with van der Waals surface area (Å²) in [5.41, 5.74) is 2.83. The third kappa shape index (κ3) is 5.07. The number of methoxy groups -OCH3 is 1. The molecule has 172 valence electrons. The normalized spacial score (nSPS) is 19.5. The zero-order chi connectivity index (χ0) is 23.4. The van der Waals surface area contributed by atoms with Crippen LogP contribution >= 0.6 is 21.0 Å².